The van der Waals surface area contributed by atoms with Crippen molar-refractivity contribution in [2.45, 2.75) is 29.2 Å². The first-order valence-corrected chi connectivity index (χ1v) is 7.23. The van der Waals surface area contributed by atoms with Crippen LogP contribution in [0.5, 0.6) is 0 Å². The number of pyridine rings is 1. The molecule has 4 nitrogen and oxygen atoms in total. The number of nitrogen functional groups attached to an aromatic ring is 1. The van der Waals surface area contributed by atoms with Crippen molar-refractivity contribution in [1.82, 2.24) is 4.98 Å². The minimum atomic E-state index is -1.02. The van der Waals surface area contributed by atoms with Crippen LogP contribution < -0.4 is 5.73 Å². The number of benzene rings is 1. The molecule has 0 bridgehead atoms. The second-order valence-electron chi connectivity index (χ2n) is 4.81. The number of aromatic carboxylic acids is 1. The number of hydrogen-bond donors (Lipinski definition) is 2. The molecule has 0 saturated carbocycles. The summed E-state index contributed by atoms with van der Waals surface area (Å²) in [7, 11) is 0. The monoisotopic (exact) mass is 286 g/mol. The lowest BCUT2D eigenvalue weighted by molar-refractivity contribution is 0.0696. The third kappa shape index (κ3) is 2.49. The van der Waals surface area contributed by atoms with Crippen LogP contribution in [0, 0.1) is 0 Å². The van der Waals surface area contributed by atoms with E-state index in [1.165, 1.54) is 41.6 Å². The van der Waals surface area contributed by atoms with Gasteiger partial charge >= 0.3 is 5.97 Å². The predicted octanol–water partition coefficient (Wildman–Crippen LogP) is 3.00. The average molecular weight is 286 g/mol. The van der Waals surface area contributed by atoms with Crippen LogP contribution >= 0.6 is 11.8 Å². The lowest BCUT2D eigenvalue weighted by Gasteiger charge is -2.07. The minimum Gasteiger partial charge on any atom is -0.478 e. The average Bonchev–Trinajstić information content (AvgIpc) is 2.88. The molecule has 3 N–H and O–H groups in total. The minimum absolute atomic E-state index is 0.112. The summed E-state index contributed by atoms with van der Waals surface area (Å²) < 4.78 is 0. The number of carboxylic acid groups (broad SMARTS) is 1. The molecule has 1 aromatic carbocycles. The summed E-state index contributed by atoms with van der Waals surface area (Å²) >= 11 is 1.47. The van der Waals surface area contributed by atoms with E-state index in [9.17, 15) is 4.79 Å². The first kappa shape index (κ1) is 13.0. The van der Waals surface area contributed by atoms with Crippen LogP contribution in [0.2, 0.25) is 0 Å². The van der Waals surface area contributed by atoms with E-state index in [-0.39, 0.29) is 5.56 Å². The van der Waals surface area contributed by atoms with Gasteiger partial charge in [0.25, 0.3) is 0 Å². The predicted molar refractivity (Wildman–Crippen MR) is 78.2 cm³/mol. The Balaban J connectivity index is 1.86. The summed E-state index contributed by atoms with van der Waals surface area (Å²) in [6, 6.07) is 7.86. The summed E-state index contributed by atoms with van der Waals surface area (Å²) in [5.41, 5.74) is 9.21. The van der Waals surface area contributed by atoms with Crippen LogP contribution in [0.1, 0.15) is 27.9 Å². The Labute approximate surface area is 121 Å². The SMILES string of the molecule is Nc1cc(C(=O)O)cnc1Sc1ccc2c(c1)CCC2. The Morgan fingerprint density at radius 2 is 2.05 bits per heavy atom. The molecule has 1 aromatic heterocycles. The van der Waals surface area contributed by atoms with Crippen molar-refractivity contribution in [3.8, 4) is 0 Å². The third-order valence-electron chi connectivity index (χ3n) is 3.41. The number of nitrogens with two attached hydrogens (primary N) is 1. The van der Waals surface area contributed by atoms with Crippen LogP contribution in [-0.4, -0.2) is 16.1 Å². The van der Waals surface area contributed by atoms with Gasteiger partial charge in [-0.25, -0.2) is 9.78 Å². The van der Waals surface area contributed by atoms with Gasteiger partial charge in [-0.1, -0.05) is 17.8 Å². The fourth-order valence-corrected chi connectivity index (χ4v) is 3.24. The maximum Gasteiger partial charge on any atom is 0.337 e. The molecular formula is C15H14N2O2S. The number of anilines is 1. The summed E-state index contributed by atoms with van der Waals surface area (Å²) in [5, 5.41) is 9.54. The van der Waals surface area contributed by atoms with E-state index in [1.54, 1.807) is 0 Å². The van der Waals surface area contributed by atoms with Crippen LogP contribution in [0.15, 0.2) is 40.4 Å². The van der Waals surface area contributed by atoms with E-state index >= 15 is 0 Å². The van der Waals surface area contributed by atoms with E-state index in [0.29, 0.717) is 10.7 Å². The zero-order valence-corrected chi connectivity index (χ0v) is 11.6. The van der Waals surface area contributed by atoms with E-state index in [4.69, 9.17) is 10.8 Å². The highest BCUT2D eigenvalue weighted by Gasteiger charge is 2.13. The van der Waals surface area contributed by atoms with Gasteiger partial charge in [-0.15, -0.1) is 0 Å². The third-order valence-corrected chi connectivity index (χ3v) is 4.43. The molecule has 0 atom stereocenters. The number of hydrogen-bond acceptors (Lipinski definition) is 4. The number of carbonyl (C=O) groups is 1. The molecule has 1 aliphatic rings. The van der Waals surface area contributed by atoms with Gasteiger partial charge in [0.05, 0.1) is 11.3 Å². The Morgan fingerprint density at radius 1 is 1.25 bits per heavy atom. The second kappa shape index (κ2) is 5.17. The van der Waals surface area contributed by atoms with Crippen molar-refractivity contribution in [3.63, 3.8) is 0 Å². The molecule has 0 amide bonds. The molecule has 1 aliphatic carbocycles. The fourth-order valence-electron chi connectivity index (χ4n) is 2.39. The van der Waals surface area contributed by atoms with Crippen molar-refractivity contribution >= 4 is 23.4 Å². The molecule has 2 aromatic rings. The summed E-state index contributed by atoms with van der Waals surface area (Å²) in [6.07, 6.45) is 4.85. The topological polar surface area (TPSA) is 76.2 Å². The van der Waals surface area contributed by atoms with Crippen molar-refractivity contribution < 1.29 is 9.90 Å². The smallest absolute Gasteiger partial charge is 0.337 e. The number of rotatable bonds is 3. The molecule has 0 spiro atoms. The Hall–Kier alpha value is -2.01. The first-order chi connectivity index (χ1) is 9.63. The zero-order valence-electron chi connectivity index (χ0n) is 10.8. The van der Waals surface area contributed by atoms with Crippen molar-refractivity contribution in [2.24, 2.45) is 0 Å². The second-order valence-corrected chi connectivity index (χ2v) is 5.87. The molecule has 3 rings (SSSR count). The molecule has 0 aliphatic heterocycles. The summed E-state index contributed by atoms with van der Waals surface area (Å²) in [4.78, 5) is 16.1. The standard InChI is InChI=1S/C15H14N2O2S/c16-13-7-11(15(18)19)8-17-14(13)20-12-5-4-9-2-1-3-10(9)6-12/h4-8H,1-3,16H2,(H,18,19). The van der Waals surface area contributed by atoms with Gasteiger partial charge in [-0.3, -0.25) is 0 Å². The van der Waals surface area contributed by atoms with Crippen LogP contribution in [0.4, 0.5) is 5.69 Å². The first-order valence-electron chi connectivity index (χ1n) is 6.42. The van der Waals surface area contributed by atoms with Crippen LogP contribution in [0.25, 0.3) is 0 Å². The van der Waals surface area contributed by atoms with Crippen molar-refractivity contribution in [1.29, 1.82) is 0 Å². The van der Waals surface area contributed by atoms with Gasteiger partial charge in [0, 0.05) is 11.1 Å². The zero-order chi connectivity index (χ0) is 14.1. The van der Waals surface area contributed by atoms with Gasteiger partial charge in [-0.2, -0.15) is 0 Å². The Kier molecular flexibility index (Phi) is 3.36. The Bertz CT molecular complexity index is 686. The molecule has 0 fully saturated rings. The lowest BCUT2D eigenvalue weighted by Crippen LogP contribution is -2.00. The normalized spacial score (nSPS) is 13.2. The fraction of sp³-hybridized carbons (Fsp3) is 0.200. The lowest BCUT2D eigenvalue weighted by atomic mass is 10.1. The summed E-state index contributed by atoms with van der Waals surface area (Å²) in [5.74, 6) is -1.02. The van der Waals surface area contributed by atoms with E-state index in [1.807, 2.05) is 0 Å². The van der Waals surface area contributed by atoms with Gasteiger partial charge in [0.2, 0.25) is 0 Å². The van der Waals surface area contributed by atoms with Gasteiger partial charge < -0.3 is 10.8 Å². The summed E-state index contributed by atoms with van der Waals surface area (Å²) in [6.45, 7) is 0. The van der Waals surface area contributed by atoms with Crippen LogP contribution in [0.3, 0.4) is 0 Å². The van der Waals surface area contributed by atoms with Gasteiger partial charge in [0.15, 0.2) is 0 Å². The number of carboxylic acids is 1. The van der Waals surface area contributed by atoms with Gasteiger partial charge in [-0.05, 0) is 48.6 Å². The number of aromatic nitrogens is 1. The Morgan fingerprint density at radius 3 is 2.80 bits per heavy atom. The van der Waals surface area contributed by atoms with E-state index in [2.05, 4.69) is 23.2 Å². The molecule has 0 unspecified atom stereocenters. The number of aryl methyl sites for hydroxylation is 2. The van der Waals surface area contributed by atoms with E-state index < -0.39 is 5.97 Å². The molecule has 20 heavy (non-hydrogen) atoms. The number of nitrogens with zero attached hydrogens (tertiary/aromatic N) is 1. The molecular weight excluding hydrogens is 272 g/mol. The number of fused-ring (bicyclic) bond motifs is 1. The van der Waals surface area contributed by atoms with Crippen molar-refractivity contribution in [3.05, 3.63) is 47.2 Å². The molecule has 1 heterocycles. The quantitative estimate of drug-likeness (QED) is 0.907. The molecule has 0 radical (unpaired) electrons. The van der Waals surface area contributed by atoms with Crippen LogP contribution in [-0.2, 0) is 12.8 Å². The van der Waals surface area contributed by atoms with E-state index in [0.717, 1.165) is 17.7 Å². The maximum atomic E-state index is 10.8. The molecule has 5 heteroatoms. The largest absolute Gasteiger partial charge is 0.478 e. The van der Waals surface area contributed by atoms with Gasteiger partial charge in [0.1, 0.15) is 5.03 Å². The molecule has 102 valence electrons. The maximum absolute atomic E-state index is 10.8. The van der Waals surface area contributed by atoms with Crippen molar-refractivity contribution in [2.75, 3.05) is 5.73 Å². The molecule has 0 saturated heterocycles. The highest BCUT2D eigenvalue weighted by atomic mass is 32.2. The highest BCUT2D eigenvalue weighted by molar-refractivity contribution is 7.99. The highest BCUT2D eigenvalue weighted by Crippen LogP contribution is 2.33.